The molecule has 1 atom stereocenters. The van der Waals surface area contributed by atoms with Gasteiger partial charge in [0, 0.05) is 18.8 Å². The second-order valence-corrected chi connectivity index (χ2v) is 6.32. The van der Waals surface area contributed by atoms with E-state index in [1.54, 1.807) is 0 Å². The average molecular weight is 280 g/mol. The zero-order valence-corrected chi connectivity index (χ0v) is 11.6. The van der Waals surface area contributed by atoms with E-state index in [0.717, 1.165) is 15.8 Å². The standard InChI is InChI=1S/C12H16N4O2S/c1-7(6-10(17)18)5-9-15-16-11(8-3-2-4-8)13-14-12(16)19-9/h7-8H,2-6H2,1H3,(H,17,18). The molecule has 1 saturated carbocycles. The number of carbonyl (C=O) groups is 1. The normalized spacial score (nSPS) is 17.5. The molecule has 1 N–H and O–H groups in total. The first-order valence-electron chi connectivity index (χ1n) is 6.56. The molecule has 3 rings (SSSR count). The van der Waals surface area contributed by atoms with Gasteiger partial charge in [-0.25, -0.2) is 0 Å². The van der Waals surface area contributed by atoms with Crippen molar-refractivity contribution in [2.45, 2.75) is 44.9 Å². The molecule has 1 aliphatic carbocycles. The Labute approximate surface area is 114 Å². The van der Waals surface area contributed by atoms with Gasteiger partial charge >= 0.3 is 5.97 Å². The summed E-state index contributed by atoms with van der Waals surface area (Å²) in [6.07, 6.45) is 4.46. The van der Waals surface area contributed by atoms with Crippen LogP contribution >= 0.6 is 11.3 Å². The average Bonchev–Trinajstić information content (AvgIpc) is 2.76. The third-order valence-electron chi connectivity index (χ3n) is 3.57. The molecule has 19 heavy (non-hydrogen) atoms. The molecule has 0 radical (unpaired) electrons. The minimum Gasteiger partial charge on any atom is -0.481 e. The van der Waals surface area contributed by atoms with Crippen LogP contribution in [0.15, 0.2) is 0 Å². The lowest BCUT2D eigenvalue weighted by molar-refractivity contribution is -0.137. The monoisotopic (exact) mass is 280 g/mol. The van der Waals surface area contributed by atoms with Crippen LogP contribution in [0.1, 0.15) is 49.4 Å². The van der Waals surface area contributed by atoms with E-state index in [0.29, 0.717) is 12.3 Å². The van der Waals surface area contributed by atoms with Crippen molar-refractivity contribution in [3.05, 3.63) is 10.8 Å². The fourth-order valence-electron chi connectivity index (χ4n) is 2.34. The lowest BCUT2D eigenvalue weighted by Crippen LogP contribution is -2.13. The molecule has 1 fully saturated rings. The van der Waals surface area contributed by atoms with Crippen molar-refractivity contribution in [3.8, 4) is 0 Å². The molecule has 2 aromatic rings. The Morgan fingerprint density at radius 1 is 1.53 bits per heavy atom. The van der Waals surface area contributed by atoms with Gasteiger partial charge in [-0.2, -0.15) is 9.61 Å². The van der Waals surface area contributed by atoms with Gasteiger partial charge < -0.3 is 5.11 Å². The highest BCUT2D eigenvalue weighted by Gasteiger charge is 2.26. The van der Waals surface area contributed by atoms with E-state index in [1.807, 2.05) is 11.4 Å². The van der Waals surface area contributed by atoms with Crippen LogP contribution in [0.3, 0.4) is 0 Å². The fraction of sp³-hybridized carbons (Fsp3) is 0.667. The van der Waals surface area contributed by atoms with Crippen molar-refractivity contribution in [3.63, 3.8) is 0 Å². The van der Waals surface area contributed by atoms with Gasteiger partial charge in [0.05, 0.1) is 0 Å². The molecule has 7 heteroatoms. The van der Waals surface area contributed by atoms with Crippen LogP contribution in [0, 0.1) is 5.92 Å². The molecular formula is C12H16N4O2S. The summed E-state index contributed by atoms with van der Waals surface area (Å²) in [4.78, 5) is 11.5. The van der Waals surface area contributed by atoms with Gasteiger partial charge in [0.15, 0.2) is 5.82 Å². The van der Waals surface area contributed by atoms with Gasteiger partial charge in [-0.15, -0.1) is 10.2 Å². The van der Waals surface area contributed by atoms with Crippen molar-refractivity contribution in [2.75, 3.05) is 0 Å². The Morgan fingerprint density at radius 2 is 2.32 bits per heavy atom. The summed E-state index contributed by atoms with van der Waals surface area (Å²) in [5.74, 6) is 0.801. The molecule has 6 nitrogen and oxygen atoms in total. The third kappa shape index (κ3) is 2.47. The molecule has 1 unspecified atom stereocenters. The Kier molecular flexibility index (Phi) is 3.22. The predicted octanol–water partition coefficient (Wildman–Crippen LogP) is 2.11. The summed E-state index contributed by atoms with van der Waals surface area (Å²) in [5, 5.41) is 22.6. The number of hydrogen-bond acceptors (Lipinski definition) is 5. The molecule has 2 heterocycles. The smallest absolute Gasteiger partial charge is 0.303 e. The molecule has 0 aromatic carbocycles. The highest BCUT2D eigenvalue weighted by molar-refractivity contribution is 7.16. The van der Waals surface area contributed by atoms with Crippen molar-refractivity contribution < 1.29 is 9.90 Å². The highest BCUT2D eigenvalue weighted by atomic mass is 32.1. The first-order chi connectivity index (χ1) is 9.13. The Morgan fingerprint density at radius 3 is 2.95 bits per heavy atom. The fourth-order valence-corrected chi connectivity index (χ4v) is 3.35. The van der Waals surface area contributed by atoms with Crippen molar-refractivity contribution in [2.24, 2.45) is 5.92 Å². The topological polar surface area (TPSA) is 80.4 Å². The lowest BCUT2D eigenvalue weighted by Gasteiger charge is -2.22. The molecule has 1 aliphatic rings. The number of hydrogen-bond donors (Lipinski definition) is 1. The van der Waals surface area contributed by atoms with Crippen LogP contribution in [-0.2, 0) is 11.2 Å². The molecule has 0 aliphatic heterocycles. The van der Waals surface area contributed by atoms with E-state index in [1.165, 1.54) is 30.6 Å². The summed E-state index contributed by atoms with van der Waals surface area (Å²) in [5.41, 5.74) is 0. The third-order valence-corrected chi connectivity index (χ3v) is 4.49. The first kappa shape index (κ1) is 12.5. The number of carboxylic acids is 1. The number of aromatic nitrogens is 4. The Balaban J connectivity index is 1.78. The zero-order chi connectivity index (χ0) is 13.4. The zero-order valence-electron chi connectivity index (χ0n) is 10.7. The maximum Gasteiger partial charge on any atom is 0.303 e. The van der Waals surface area contributed by atoms with E-state index < -0.39 is 5.97 Å². The maximum absolute atomic E-state index is 10.7. The Hall–Kier alpha value is -1.50. The summed E-state index contributed by atoms with van der Waals surface area (Å²) in [6, 6.07) is 0. The summed E-state index contributed by atoms with van der Waals surface area (Å²) in [7, 11) is 0. The molecule has 0 amide bonds. The van der Waals surface area contributed by atoms with Crippen molar-refractivity contribution >= 4 is 22.3 Å². The predicted molar refractivity (Wildman–Crippen MR) is 70.4 cm³/mol. The molecular weight excluding hydrogens is 264 g/mol. The molecule has 0 spiro atoms. The van der Waals surface area contributed by atoms with Gasteiger partial charge in [0.2, 0.25) is 4.96 Å². The van der Waals surface area contributed by atoms with Gasteiger partial charge in [0.1, 0.15) is 5.01 Å². The van der Waals surface area contributed by atoms with Gasteiger partial charge in [-0.05, 0) is 18.8 Å². The van der Waals surface area contributed by atoms with Crippen LogP contribution in [0.25, 0.3) is 4.96 Å². The maximum atomic E-state index is 10.7. The van der Waals surface area contributed by atoms with Crippen LogP contribution in [0.2, 0.25) is 0 Å². The van der Waals surface area contributed by atoms with E-state index >= 15 is 0 Å². The summed E-state index contributed by atoms with van der Waals surface area (Å²) in [6.45, 7) is 1.93. The number of fused-ring (bicyclic) bond motifs is 1. The number of rotatable bonds is 5. The van der Waals surface area contributed by atoms with Crippen LogP contribution in [0.4, 0.5) is 0 Å². The van der Waals surface area contributed by atoms with Crippen LogP contribution in [0.5, 0.6) is 0 Å². The molecule has 0 saturated heterocycles. The van der Waals surface area contributed by atoms with Crippen molar-refractivity contribution in [1.82, 2.24) is 19.8 Å². The molecule has 2 aromatic heterocycles. The van der Waals surface area contributed by atoms with E-state index in [-0.39, 0.29) is 12.3 Å². The quantitative estimate of drug-likeness (QED) is 0.907. The van der Waals surface area contributed by atoms with Crippen LogP contribution in [-0.4, -0.2) is 30.9 Å². The summed E-state index contributed by atoms with van der Waals surface area (Å²) >= 11 is 1.51. The molecule has 102 valence electrons. The van der Waals surface area contributed by atoms with Crippen molar-refractivity contribution in [1.29, 1.82) is 0 Å². The lowest BCUT2D eigenvalue weighted by atomic mass is 9.85. The largest absolute Gasteiger partial charge is 0.481 e. The van der Waals surface area contributed by atoms with E-state index in [9.17, 15) is 4.79 Å². The van der Waals surface area contributed by atoms with Gasteiger partial charge in [0.25, 0.3) is 0 Å². The second-order valence-electron chi connectivity index (χ2n) is 5.28. The second kappa shape index (κ2) is 4.88. The minimum absolute atomic E-state index is 0.0912. The van der Waals surface area contributed by atoms with Gasteiger partial charge in [-0.3, -0.25) is 4.79 Å². The van der Waals surface area contributed by atoms with Crippen LogP contribution < -0.4 is 0 Å². The SMILES string of the molecule is CC(CC(=O)O)Cc1nn2c(C3CCC3)nnc2s1. The number of aliphatic carboxylic acids is 1. The van der Waals surface area contributed by atoms with E-state index in [4.69, 9.17) is 5.11 Å². The minimum atomic E-state index is -0.759. The summed E-state index contributed by atoms with van der Waals surface area (Å²) < 4.78 is 1.84. The highest BCUT2D eigenvalue weighted by Crippen LogP contribution is 2.35. The molecule has 0 bridgehead atoms. The number of carboxylic acid groups (broad SMARTS) is 1. The number of nitrogens with zero attached hydrogens (tertiary/aromatic N) is 4. The van der Waals surface area contributed by atoms with Gasteiger partial charge in [-0.1, -0.05) is 24.7 Å². The Bertz CT molecular complexity index is 602. The van der Waals surface area contributed by atoms with E-state index in [2.05, 4.69) is 15.3 Å². The first-order valence-corrected chi connectivity index (χ1v) is 7.38.